The molecule has 1 N–H and O–H groups in total. The normalized spacial score (nSPS) is 18.4. The monoisotopic (exact) mass is 415 g/mol. The summed E-state index contributed by atoms with van der Waals surface area (Å²) in [4.78, 5) is 31.8. The quantitative estimate of drug-likeness (QED) is 0.696. The van der Waals surface area contributed by atoms with Crippen molar-refractivity contribution in [2.45, 2.75) is 12.0 Å². The number of nitrogens with one attached hydrogen (secondary N) is 1. The van der Waals surface area contributed by atoms with Gasteiger partial charge in [-0.3, -0.25) is 14.6 Å². The summed E-state index contributed by atoms with van der Waals surface area (Å²) in [6, 6.07) is 21.1. The van der Waals surface area contributed by atoms with Gasteiger partial charge in [0.05, 0.1) is 13.2 Å². The first kappa shape index (κ1) is 20.8. The zero-order valence-corrected chi connectivity index (χ0v) is 17.5. The summed E-state index contributed by atoms with van der Waals surface area (Å²) in [6.45, 7) is 0.944. The van der Waals surface area contributed by atoms with Crippen LogP contribution in [0.2, 0.25) is 0 Å². The van der Waals surface area contributed by atoms with E-state index in [1.54, 1.807) is 36.5 Å². The molecule has 0 aliphatic carbocycles. The number of aromatic nitrogens is 1. The molecule has 3 aromatic rings. The highest BCUT2D eigenvalue weighted by molar-refractivity contribution is 5.95. The van der Waals surface area contributed by atoms with E-state index in [0.29, 0.717) is 25.1 Å². The summed E-state index contributed by atoms with van der Waals surface area (Å²) in [5.74, 6) is -0.324. The Morgan fingerprint density at radius 1 is 1.03 bits per heavy atom. The summed E-state index contributed by atoms with van der Waals surface area (Å²) in [5.41, 5.74) is 2.52. The van der Waals surface area contributed by atoms with E-state index in [1.807, 2.05) is 48.5 Å². The van der Waals surface area contributed by atoms with Crippen LogP contribution in [0.25, 0.3) is 11.1 Å². The molecule has 1 aromatic heterocycles. The maximum Gasteiger partial charge on any atom is 0.254 e. The van der Waals surface area contributed by atoms with Crippen molar-refractivity contribution >= 4 is 11.8 Å². The molecule has 6 heteroatoms. The maximum atomic E-state index is 13.0. The SMILES string of the molecule is CNC(=O)C1(Cc2cccc(-c3ccncc3)c2)CN(C(=O)c2ccccc2)CCO1. The van der Waals surface area contributed by atoms with Crippen LogP contribution in [-0.4, -0.2) is 54.0 Å². The van der Waals surface area contributed by atoms with Gasteiger partial charge in [-0.2, -0.15) is 0 Å². The summed E-state index contributed by atoms with van der Waals surface area (Å²) < 4.78 is 6.07. The number of hydrogen-bond acceptors (Lipinski definition) is 4. The molecule has 1 fully saturated rings. The van der Waals surface area contributed by atoms with Gasteiger partial charge >= 0.3 is 0 Å². The molecule has 2 aromatic carbocycles. The van der Waals surface area contributed by atoms with E-state index in [2.05, 4.69) is 16.4 Å². The number of benzene rings is 2. The van der Waals surface area contributed by atoms with Crippen molar-refractivity contribution in [2.24, 2.45) is 0 Å². The third-order valence-corrected chi connectivity index (χ3v) is 5.56. The molecule has 0 radical (unpaired) electrons. The first-order valence-corrected chi connectivity index (χ1v) is 10.3. The average Bonchev–Trinajstić information content (AvgIpc) is 2.84. The molecule has 31 heavy (non-hydrogen) atoms. The van der Waals surface area contributed by atoms with E-state index in [4.69, 9.17) is 4.74 Å². The molecule has 0 bridgehead atoms. The Kier molecular flexibility index (Phi) is 6.09. The van der Waals surface area contributed by atoms with Crippen molar-refractivity contribution in [1.82, 2.24) is 15.2 Å². The Morgan fingerprint density at radius 3 is 2.55 bits per heavy atom. The van der Waals surface area contributed by atoms with E-state index in [1.165, 1.54) is 0 Å². The number of carbonyl (C=O) groups is 2. The molecule has 2 amide bonds. The summed E-state index contributed by atoms with van der Waals surface area (Å²) >= 11 is 0. The van der Waals surface area contributed by atoms with Crippen molar-refractivity contribution in [3.63, 3.8) is 0 Å². The number of ether oxygens (including phenoxy) is 1. The molecular formula is C25H25N3O3. The molecule has 1 saturated heterocycles. The van der Waals surface area contributed by atoms with Crippen LogP contribution in [0.15, 0.2) is 79.1 Å². The van der Waals surface area contributed by atoms with Gasteiger partial charge in [0.15, 0.2) is 5.60 Å². The predicted molar refractivity (Wildman–Crippen MR) is 118 cm³/mol. The second-order valence-electron chi connectivity index (χ2n) is 7.63. The minimum Gasteiger partial charge on any atom is -0.361 e. The number of hydrogen-bond donors (Lipinski definition) is 1. The van der Waals surface area contributed by atoms with Gasteiger partial charge < -0.3 is 15.0 Å². The fourth-order valence-corrected chi connectivity index (χ4v) is 4.01. The van der Waals surface area contributed by atoms with Gasteiger partial charge in [-0.25, -0.2) is 0 Å². The van der Waals surface area contributed by atoms with Gasteiger partial charge in [0.1, 0.15) is 0 Å². The van der Waals surface area contributed by atoms with Crippen molar-refractivity contribution in [3.05, 3.63) is 90.3 Å². The van der Waals surface area contributed by atoms with E-state index >= 15 is 0 Å². The zero-order valence-electron chi connectivity index (χ0n) is 17.5. The Hall–Kier alpha value is -3.51. The van der Waals surface area contributed by atoms with Gasteiger partial charge in [0, 0.05) is 38.0 Å². The van der Waals surface area contributed by atoms with E-state index in [9.17, 15) is 9.59 Å². The summed E-state index contributed by atoms with van der Waals surface area (Å²) in [6.07, 6.45) is 3.88. The highest BCUT2D eigenvalue weighted by Crippen LogP contribution is 2.27. The first-order chi connectivity index (χ1) is 15.1. The number of amides is 2. The molecule has 1 aliphatic rings. The van der Waals surface area contributed by atoms with Gasteiger partial charge in [-0.05, 0) is 41.0 Å². The van der Waals surface area contributed by atoms with Crippen molar-refractivity contribution in [3.8, 4) is 11.1 Å². The first-order valence-electron chi connectivity index (χ1n) is 10.3. The van der Waals surface area contributed by atoms with Crippen LogP contribution >= 0.6 is 0 Å². The molecule has 4 rings (SSSR count). The second kappa shape index (κ2) is 9.10. The standard InChI is InChI=1S/C25H25N3O3/c1-26-24(30)25(17-19-6-5-9-22(16-19)20-10-12-27-13-11-20)18-28(14-15-31-25)23(29)21-7-3-2-4-8-21/h2-13,16H,14-15,17-18H2,1H3,(H,26,30). The Bertz CT molecular complexity index is 1060. The molecule has 0 saturated carbocycles. The Balaban J connectivity index is 1.61. The predicted octanol–water partition coefficient (Wildman–Crippen LogP) is 2.95. The molecule has 1 aliphatic heterocycles. The molecule has 1 atom stereocenters. The van der Waals surface area contributed by atoms with Crippen LogP contribution in [0.5, 0.6) is 0 Å². The van der Waals surface area contributed by atoms with Crippen LogP contribution in [0, 0.1) is 0 Å². The van der Waals surface area contributed by atoms with Crippen LogP contribution < -0.4 is 5.32 Å². The van der Waals surface area contributed by atoms with Gasteiger partial charge in [-0.1, -0.05) is 42.5 Å². The molecule has 158 valence electrons. The van der Waals surface area contributed by atoms with Crippen LogP contribution in [-0.2, 0) is 16.0 Å². The third-order valence-electron chi connectivity index (χ3n) is 5.56. The lowest BCUT2D eigenvalue weighted by molar-refractivity contribution is -0.156. The van der Waals surface area contributed by atoms with Crippen LogP contribution in [0.3, 0.4) is 0 Å². The smallest absolute Gasteiger partial charge is 0.254 e. The summed E-state index contributed by atoms with van der Waals surface area (Å²) in [5, 5.41) is 2.73. The zero-order chi connectivity index (χ0) is 21.7. The van der Waals surface area contributed by atoms with Crippen LogP contribution in [0.4, 0.5) is 0 Å². The number of rotatable bonds is 5. The minimum atomic E-state index is -1.14. The molecule has 6 nitrogen and oxygen atoms in total. The molecule has 2 heterocycles. The minimum absolute atomic E-state index is 0.0947. The van der Waals surface area contributed by atoms with E-state index < -0.39 is 5.60 Å². The number of pyridine rings is 1. The number of nitrogens with zero attached hydrogens (tertiary/aromatic N) is 2. The highest BCUT2D eigenvalue weighted by Gasteiger charge is 2.44. The molecular weight excluding hydrogens is 390 g/mol. The lowest BCUT2D eigenvalue weighted by atomic mass is 9.89. The van der Waals surface area contributed by atoms with E-state index in [0.717, 1.165) is 16.7 Å². The topological polar surface area (TPSA) is 71.5 Å². The van der Waals surface area contributed by atoms with Crippen LogP contribution in [0.1, 0.15) is 15.9 Å². The van der Waals surface area contributed by atoms with Gasteiger partial charge in [-0.15, -0.1) is 0 Å². The van der Waals surface area contributed by atoms with Crippen molar-refractivity contribution in [2.75, 3.05) is 26.7 Å². The summed E-state index contributed by atoms with van der Waals surface area (Å²) in [7, 11) is 1.60. The average molecular weight is 415 g/mol. The van der Waals surface area contributed by atoms with E-state index in [-0.39, 0.29) is 18.4 Å². The Labute approximate surface area is 181 Å². The highest BCUT2D eigenvalue weighted by atomic mass is 16.5. The van der Waals surface area contributed by atoms with Gasteiger partial charge in [0.25, 0.3) is 11.8 Å². The molecule has 1 unspecified atom stereocenters. The molecule has 0 spiro atoms. The number of likely N-dealkylation sites (N-methyl/N-ethyl adjacent to an activating group) is 1. The number of carbonyl (C=O) groups excluding carboxylic acids is 2. The number of morpholine rings is 1. The lowest BCUT2D eigenvalue weighted by Crippen LogP contribution is -2.61. The second-order valence-corrected chi connectivity index (χ2v) is 7.63. The largest absolute Gasteiger partial charge is 0.361 e. The fraction of sp³-hybridized carbons (Fsp3) is 0.240. The fourth-order valence-electron chi connectivity index (χ4n) is 4.01. The lowest BCUT2D eigenvalue weighted by Gasteiger charge is -2.41. The van der Waals surface area contributed by atoms with Crippen molar-refractivity contribution < 1.29 is 14.3 Å². The van der Waals surface area contributed by atoms with Crippen molar-refractivity contribution in [1.29, 1.82) is 0 Å². The Morgan fingerprint density at radius 2 is 1.81 bits per heavy atom. The maximum absolute atomic E-state index is 13.0. The third kappa shape index (κ3) is 4.49. The van der Waals surface area contributed by atoms with Gasteiger partial charge in [0.2, 0.25) is 0 Å².